The quantitative estimate of drug-likeness (QED) is 0.784. The molecule has 2 rings (SSSR count). The predicted octanol–water partition coefficient (Wildman–Crippen LogP) is 2.94. The van der Waals surface area contributed by atoms with Crippen molar-refractivity contribution in [2.75, 3.05) is 23.5 Å². The van der Waals surface area contributed by atoms with Crippen molar-refractivity contribution in [3.63, 3.8) is 0 Å². The van der Waals surface area contributed by atoms with Crippen molar-refractivity contribution in [3.05, 3.63) is 30.1 Å². The number of rotatable bonds is 5. The van der Waals surface area contributed by atoms with Crippen LogP contribution >= 0.6 is 0 Å². The molecule has 0 atom stereocenters. The second-order valence-electron chi connectivity index (χ2n) is 5.11. The van der Waals surface area contributed by atoms with Crippen molar-refractivity contribution in [2.24, 2.45) is 0 Å². The van der Waals surface area contributed by atoms with Crippen LogP contribution in [0.5, 0.6) is 5.75 Å². The summed E-state index contributed by atoms with van der Waals surface area (Å²) in [6.45, 7) is 6.07. The van der Waals surface area contributed by atoms with Gasteiger partial charge in [-0.2, -0.15) is 0 Å². The number of hydrogen-bond acceptors (Lipinski definition) is 6. The molecule has 0 radical (unpaired) electrons. The summed E-state index contributed by atoms with van der Waals surface area (Å²) in [6, 6.07) is 6.11. The molecule has 0 bridgehead atoms. The first kappa shape index (κ1) is 14.9. The minimum atomic E-state index is 0.239. The van der Waals surface area contributed by atoms with Gasteiger partial charge in [-0.1, -0.05) is 6.07 Å². The molecule has 21 heavy (non-hydrogen) atoms. The number of ether oxygens (including phenoxy) is 1. The van der Waals surface area contributed by atoms with Gasteiger partial charge in [-0.25, -0.2) is 9.97 Å². The van der Waals surface area contributed by atoms with Crippen molar-refractivity contribution in [1.82, 2.24) is 9.97 Å². The molecule has 1 aromatic heterocycles. The van der Waals surface area contributed by atoms with Crippen molar-refractivity contribution in [2.45, 2.75) is 26.8 Å². The molecule has 0 amide bonds. The fourth-order valence-corrected chi connectivity index (χ4v) is 1.93. The van der Waals surface area contributed by atoms with Gasteiger partial charge in [0, 0.05) is 6.04 Å². The maximum Gasteiger partial charge on any atom is 0.159 e. The second kappa shape index (κ2) is 6.30. The topological polar surface area (TPSA) is 85.1 Å². The first-order chi connectivity index (χ1) is 10.0. The van der Waals surface area contributed by atoms with Crippen LogP contribution in [0.2, 0.25) is 0 Å². The molecule has 0 aliphatic rings. The Balaban J connectivity index is 2.34. The van der Waals surface area contributed by atoms with Crippen LogP contribution in [0.25, 0.3) is 0 Å². The Morgan fingerprint density at radius 2 is 1.90 bits per heavy atom. The minimum absolute atomic E-state index is 0.239. The highest BCUT2D eigenvalue weighted by atomic mass is 16.5. The average molecular weight is 287 g/mol. The van der Waals surface area contributed by atoms with Gasteiger partial charge in [0.1, 0.15) is 17.8 Å². The number of nitrogens with two attached hydrogens (primary N) is 1. The van der Waals surface area contributed by atoms with E-state index in [1.807, 2.05) is 39.0 Å². The van der Waals surface area contributed by atoms with Gasteiger partial charge in [0.25, 0.3) is 0 Å². The standard InChI is InChI=1S/C15H21N5O/c1-9(2)19-14-13(16)15(18-8-17-14)20-11-7-10(3)5-6-12(11)21-4/h5-9H,16H2,1-4H3,(H2,17,18,19,20). The molecule has 4 N–H and O–H groups in total. The number of methoxy groups -OCH3 is 1. The number of aromatic nitrogens is 2. The Labute approximate surface area is 124 Å². The zero-order valence-corrected chi connectivity index (χ0v) is 12.8. The first-order valence-electron chi connectivity index (χ1n) is 6.80. The lowest BCUT2D eigenvalue weighted by Gasteiger charge is -2.16. The summed E-state index contributed by atoms with van der Waals surface area (Å²) in [7, 11) is 1.63. The smallest absolute Gasteiger partial charge is 0.159 e. The van der Waals surface area contributed by atoms with E-state index in [9.17, 15) is 0 Å². The van der Waals surface area contributed by atoms with Crippen LogP contribution in [0.3, 0.4) is 0 Å². The third-order valence-electron chi connectivity index (χ3n) is 2.92. The summed E-state index contributed by atoms with van der Waals surface area (Å²) in [6.07, 6.45) is 1.48. The number of aryl methyl sites for hydroxylation is 1. The van der Waals surface area contributed by atoms with Crippen molar-refractivity contribution < 1.29 is 4.74 Å². The molecular formula is C15H21N5O. The summed E-state index contributed by atoms with van der Waals surface area (Å²) in [5, 5.41) is 6.40. The molecule has 112 valence electrons. The maximum absolute atomic E-state index is 6.12. The molecule has 0 spiro atoms. The molecule has 2 aromatic rings. The summed E-state index contributed by atoms with van der Waals surface area (Å²) in [4.78, 5) is 8.37. The van der Waals surface area contributed by atoms with Crippen molar-refractivity contribution >= 4 is 23.0 Å². The maximum atomic E-state index is 6.12. The van der Waals surface area contributed by atoms with Gasteiger partial charge >= 0.3 is 0 Å². The molecule has 0 aliphatic heterocycles. The molecule has 1 aromatic carbocycles. The van der Waals surface area contributed by atoms with E-state index in [1.54, 1.807) is 7.11 Å². The van der Waals surface area contributed by atoms with E-state index in [4.69, 9.17) is 10.5 Å². The Hall–Kier alpha value is -2.50. The first-order valence-corrected chi connectivity index (χ1v) is 6.80. The number of anilines is 4. The number of hydrogen-bond donors (Lipinski definition) is 3. The molecular weight excluding hydrogens is 266 g/mol. The van der Waals surface area contributed by atoms with E-state index in [1.165, 1.54) is 6.33 Å². The van der Waals surface area contributed by atoms with Crippen LogP contribution in [-0.2, 0) is 0 Å². The number of nitrogen functional groups attached to an aromatic ring is 1. The molecule has 0 saturated heterocycles. The van der Waals surface area contributed by atoms with Gasteiger partial charge in [0.2, 0.25) is 0 Å². The Morgan fingerprint density at radius 3 is 2.57 bits per heavy atom. The van der Waals surface area contributed by atoms with Crippen LogP contribution < -0.4 is 21.1 Å². The lowest BCUT2D eigenvalue weighted by Crippen LogP contribution is -2.14. The highest BCUT2D eigenvalue weighted by Crippen LogP contribution is 2.31. The van der Waals surface area contributed by atoms with Crippen LogP contribution in [-0.4, -0.2) is 23.1 Å². The van der Waals surface area contributed by atoms with E-state index < -0.39 is 0 Å². The molecule has 0 saturated carbocycles. The average Bonchev–Trinajstić information content (AvgIpc) is 2.43. The van der Waals surface area contributed by atoms with E-state index in [0.29, 0.717) is 17.3 Å². The lowest BCUT2D eigenvalue weighted by molar-refractivity contribution is 0.416. The Bertz CT molecular complexity index is 627. The Morgan fingerprint density at radius 1 is 1.19 bits per heavy atom. The Kier molecular flexibility index (Phi) is 4.47. The molecule has 6 nitrogen and oxygen atoms in total. The minimum Gasteiger partial charge on any atom is -0.495 e. The number of nitrogens with one attached hydrogen (secondary N) is 2. The van der Waals surface area contributed by atoms with Gasteiger partial charge in [-0.3, -0.25) is 0 Å². The zero-order valence-electron chi connectivity index (χ0n) is 12.8. The van der Waals surface area contributed by atoms with Crippen LogP contribution in [0.4, 0.5) is 23.0 Å². The third-order valence-corrected chi connectivity index (χ3v) is 2.92. The normalized spacial score (nSPS) is 10.5. The highest BCUT2D eigenvalue weighted by molar-refractivity contribution is 5.79. The number of nitrogens with zero attached hydrogens (tertiary/aromatic N) is 2. The SMILES string of the molecule is COc1ccc(C)cc1Nc1ncnc(NC(C)C)c1N. The van der Waals surface area contributed by atoms with Gasteiger partial charge in [-0.15, -0.1) is 0 Å². The highest BCUT2D eigenvalue weighted by Gasteiger charge is 2.11. The van der Waals surface area contributed by atoms with E-state index in [-0.39, 0.29) is 6.04 Å². The summed E-state index contributed by atoms with van der Waals surface area (Å²) < 4.78 is 5.34. The summed E-state index contributed by atoms with van der Waals surface area (Å²) in [5.41, 5.74) is 8.53. The molecule has 1 heterocycles. The molecule has 0 fully saturated rings. The van der Waals surface area contributed by atoms with Gasteiger partial charge in [0.15, 0.2) is 11.6 Å². The van der Waals surface area contributed by atoms with Crippen molar-refractivity contribution in [3.8, 4) is 5.75 Å². The molecule has 6 heteroatoms. The second-order valence-corrected chi connectivity index (χ2v) is 5.11. The fraction of sp³-hybridized carbons (Fsp3) is 0.333. The van der Waals surface area contributed by atoms with Crippen LogP contribution in [0.1, 0.15) is 19.4 Å². The van der Waals surface area contributed by atoms with Gasteiger partial charge in [0.05, 0.1) is 12.8 Å². The number of benzene rings is 1. The van der Waals surface area contributed by atoms with Crippen LogP contribution in [0, 0.1) is 6.92 Å². The van der Waals surface area contributed by atoms with Gasteiger partial charge < -0.3 is 21.1 Å². The lowest BCUT2D eigenvalue weighted by atomic mass is 10.2. The monoisotopic (exact) mass is 287 g/mol. The third kappa shape index (κ3) is 3.53. The summed E-state index contributed by atoms with van der Waals surface area (Å²) in [5.74, 6) is 1.91. The van der Waals surface area contributed by atoms with Gasteiger partial charge in [-0.05, 0) is 38.5 Å². The molecule has 0 aliphatic carbocycles. The van der Waals surface area contributed by atoms with E-state index >= 15 is 0 Å². The van der Waals surface area contributed by atoms with E-state index in [2.05, 4.69) is 20.6 Å². The zero-order chi connectivity index (χ0) is 15.4. The summed E-state index contributed by atoms with van der Waals surface area (Å²) >= 11 is 0. The molecule has 0 unspecified atom stereocenters. The predicted molar refractivity (Wildman–Crippen MR) is 86.2 cm³/mol. The van der Waals surface area contributed by atoms with E-state index in [0.717, 1.165) is 17.0 Å². The van der Waals surface area contributed by atoms with Crippen molar-refractivity contribution in [1.29, 1.82) is 0 Å². The largest absolute Gasteiger partial charge is 0.495 e. The fourth-order valence-electron chi connectivity index (χ4n) is 1.93. The van der Waals surface area contributed by atoms with Crippen LogP contribution in [0.15, 0.2) is 24.5 Å².